The van der Waals surface area contributed by atoms with Gasteiger partial charge >= 0.3 is 0 Å². The molecule has 0 spiro atoms. The van der Waals surface area contributed by atoms with E-state index in [1.54, 1.807) is 24.4 Å². The number of ketones is 1. The van der Waals surface area contributed by atoms with Gasteiger partial charge in [0, 0.05) is 48.9 Å². The minimum absolute atomic E-state index is 0.0611. The van der Waals surface area contributed by atoms with Crippen molar-refractivity contribution in [3.8, 4) is 17.0 Å². The molecule has 1 aliphatic rings. The standard InChI is InChI=1S/C32H31FN4O2/c1-2-28(38)19-23-8-6-10-24(16-23)31-25(17-22-9-7-11-26(33)18-22)21-34-32(36-31)35-27-12-13-30(39)29(20-27)37-14-4-3-5-15-37/h2,6-13,16,18,20-21,39H,1,3-5,14-15,17,19H2,(H,34,35,36). The highest BCUT2D eigenvalue weighted by Crippen LogP contribution is 2.33. The Morgan fingerprint density at radius 2 is 1.82 bits per heavy atom. The van der Waals surface area contributed by atoms with Crippen molar-refractivity contribution >= 4 is 23.1 Å². The molecule has 0 amide bonds. The van der Waals surface area contributed by atoms with Gasteiger partial charge < -0.3 is 15.3 Å². The highest BCUT2D eigenvalue weighted by atomic mass is 19.1. The number of benzene rings is 3. The molecule has 1 fully saturated rings. The van der Waals surface area contributed by atoms with E-state index in [1.807, 2.05) is 36.4 Å². The highest BCUT2D eigenvalue weighted by molar-refractivity contribution is 5.91. The van der Waals surface area contributed by atoms with Crippen LogP contribution < -0.4 is 10.2 Å². The van der Waals surface area contributed by atoms with Crippen molar-refractivity contribution in [2.45, 2.75) is 32.1 Å². The number of allylic oxidation sites excluding steroid dienone is 1. The normalized spacial score (nSPS) is 13.2. The first-order valence-corrected chi connectivity index (χ1v) is 13.2. The van der Waals surface area contributed by atoms with E-state index in [-0.39, 0.29) is 23.8 Å². The van der Waals surface area contributed by atoms with Crippen LogP contribution in [0.2, 0.25) is 0 Å². The first-order chi connectivity index (χ1) is 19.0. The van der Waals surface area contributed by atoms with E-state index in [0.29, 0.717) is 18.1 Å². The minimum atomic E-state index is -0.296. The highest BCUT2D eigenvalue weighted by Gasteiger charge is 2.16. The van der Waals surface area contributed by atoms with Gasteiger partial charge in [0.2, 0.25) is 5.95 Å². The van der Waals surface area contributed by atoms with Gasteiger partial charge in [-0.1, -0.05) is 36.9 Å². The van der Waals surface area contributed by atoms with E-state index in [0.717, 1.165) is 59.6 Å². The molecule has 5 rings (SSSR count). The average molecular weight is 523 g/mol. The van der Waals surface area contributed by atoms with E-state index in [2.05, 4.69) is 21.8 Å². The van der Waals surface area contributed by atoms with Crippen LogP contribution in [0.25, 0.3) is 11.3 Å². The molecule has 1 aromatic heterocycles. The number of hydrogen-bond acceptors (Lipinski definition) is 6. The Bertz CT molecular complexity index is 1500. The molecule has 198 valence electrons. The maximum absolute atomic E-state index is 13.9. The van der Waals surface area contributed by atoms with E-state index >= 15 is 0 Å². The van der Waals surface area contributed by atoms with Gasteiger partial charge in [-0.15, -0.1) is 0 Å². The number of aromatic nitrogens is 2. The quantitative estimate of drug-likeness (QED) is 0.190. The van der Waals surface area contributed by atoms with Crippen LogP contribution in [-0.4, -0.2) is 33.9 Å². The number of carbonyl (C=O) groups is 1. The molecule has 0 radical (unpaired) electrons. The molecule has 6 nitrogen and oxygen atoms in total. The summed E-state index contributed by atoms with van der Waals surface area (Å²) in [6, 6.07) is 19.6. The van der Waals surface area contributed by atoms with Gasteiger partial charge in [-0.3, -0.25) is 4.79 Å². The number of carbonyl (C=O) groups excluding carboxylic acids is 1. The Morgan fingerprint density at radius 1 is 1.03 bits per heavy atom. The second-order valence-corrected chi connectivity index (χ2v) is 9.80. The third kappa shape index (κ3) is 6.49. The topological polar surface area (TPSA) is 78.3 Å². The van der Waals surface area contributed by atoms with Gasteiger partial charge in [-0.2, -0.15) is 0 Å². The summed E-state index contributed by atoms with van der Waals surface area (Å²) in [7, 11) is 0. The molecule has 0 bridgehead atoms. The fraction of sp³-hybridized carbons (Fsp3) is 0.219. The zero-order chi connectivity index (χ0) is 27.2. The monoisotopic (exact) mass is 522 g/mol. The summed E-state index contributed by atoms with van der Waals surface area (Å²) in [5.41, 5.74) is 5.58. The van der Waals surface area contributed by atoms with Gasteiger partial charge in [-0.25, -0.2) is 14.4 Å². The first kappa shape index (κ1) is 26.1. The number of nitrogens with zero attached hydrogens (tertiary/aromatic N) is 3. The summed E-state index contributed by atoms with van der Waals surface area (Å²) in [6.45, 7) is 5.40. The van der Waals surface area contributed by atoms with Crippen molar-refractivity contribution in [3.05, 3.63) is 108 Å². The number of nitrogens with one attached hydrogen (secondary N) is 1. The SMILES string of the molecule is C=CC(=O)Cc1cccc(-c2nc(Nc3ccc(O)c(N4CCCCC4)c3)ncc2Cc2cccc(F)c2)c1. The number of aromatic hydroxyl groups is 1. The van der Waals surface area contributed by atoms with Crippen LogP contribution in [0.1, 0.15) is 36.0 Å². The van der Waals surface area contributed by atoms with E-state index in [9.17, 15) is 14.3 Å². The van der Waals surface area contributed by atoms with Gasteiger partial charge in [0.05, 0.1) is 11.4 Å². The summed E-state index contributed by atoms with van der Waals surface area (Å²) in [4.78, 5) is 23.6. The van der Waals surface area contributed by atoms with Gasteiger partial charge in [-0.05, 0) is 72.9 Å². The Kier molecular flexibility index (Phi) is 7.96. The number of phenolic OH excluding ortho intramolecular Hbond substituents is 1. The molecule has 2 heterocycles. The van der Waals surface area contributed by atoms with Crippen molar-refractivity contribution in [2.75, 3.05) is 23.3 Å². The van der Waals surface area contributed by atoms with Crippen LogP contribution in [0.3, 0.4) is 0 Å². The molecule has 39 heavy (non-hydrogen) atoms. The maximum atomic E-state index is 13.9. The van der Waals surface area contributed by atoms with Gasteiger partial charge in [0.15, 0.2) is 5.78 Å². The lowest BCUT2D eigenvalue weighted by Gasteiger charge is -2.29. The smallest absolute Gasteiger partial charge is 0.227 e. The van der Waals surface area contributed by atoms with Crippen molar-refractivity contribution in [3.63, 3.8) is 0 Å². The molecule has 7 heteroatoms. The second kappa shape index (κ2) is 11.9. The molecule has 1 saturated heterocycles. The third-order valence-corrected chi connectivity index (χ3v) is 6.88. The lowest BCUT2D eigenvalue weighted by molar-refractivity contribution is -0.114. The van der Waals surface area contributed by atoms with Crippen molar-refractivity contribution in [1.82, 2.24) is 9.97 Å². The molecule has 0 aliphatic carbocycles. The number of anilines is 3. The summed E-state index contributed by atoms with van der Waals surface area (Å²) in [5, 5.41) is 13.8. The van der Waals surface area contributed by atoms with Crippen LogP contribution in [0.5, 0.6) is 5.75 Å². The summed E-state index contributed by atoms with van der Waals surface area (Å²) >= 11 is 0. The predicted octanol–water partition coefficient (Wildman–Crippen LogP) is 6.61. The van der Waals surface area contributed by atoms with Crippen LogP contribution in [0, 0.1) is 5.82 Å². The number of phenols is 1. The molecular formula is C32H31FN4O2. The van der Waals surface area contributed by atoms with Gasteiger partial charge in [0.1, 0.15) is 11.6 Å². The van der Waals surface area contributed by atoms with Crippen molar-refractivity contribution in [1.29, 1.82) is 0 Å². The Balaban J connectivity index is 1.49. The Morgan fingerprint density at radius 3 is 2.62 bits per heavy atom. The molecule has 1 aliphatic heterocycles. The zero-order valence-electron chi connectivity index (χ0n) is 21.7. The fourth-order valence-corrected chi connectivity index (χ4v) is 4.93. The van der Waals surface area contributed by atoms with Crippen LogP contribution in [-0.2, 0) is 17.6 Å². The molecular weight excluding hydrogens is 491 g/mol. The van der Waals surface area contributed by atoms with Crippen LogP contribution in [0.15, 0.2) is 85.6 Å². The molecule has 2 N–H and O–H groups in total. The lowest BCUT2D eigenvalue weighted by Crippen LogP contribution is -2.29. The van der Waals surface area contributed by atoms with E-state index < -0.39 is 0 Å². The summed E-state index contributed by atoms with van der Waals surface area (Å²) in [5.74, 6) is 0.292. The molecule has 4 aromatic rings. The number of hydrogen-bond donors (Lipinski definition) is 2. The van der Waals surface area contributed by atoms with Crippen LogP contribution in [0.4, 0.5) is 21.7 Å². The zero-order valence-corrected chi connectivity index (χ0v) is 21.7. The molecule has 0 unspecified atom stereocenters. The summed E-state index contributed by atoms with van der Waals surface area (Å²) < 4.78 is 13.9. The van der Waals surface area contributed by atoms with Crippen molar-refractivity contribution < 1.29 is 14.3 Å². The minimum Gasteiger partial charge on any atom is -0.506 e. The molecule has 0 atom stereocenters. The summed E-state index contributed by atoms with van der Waals surface area (Å²) in [6.07, 6.45) is 7.19. The molecule has 0 saturated carbocycles. The number of rotatable bonds is 9. The lowest BCUT2D eigenvalue weighted by atomic mass is 9.98. The van der Waals surface area contributed by atoms with E-state index in [1.165, 1.54) is 24.6 Å². The second-order valence-electron chi connectivity index (χ2n) is 9.80. The van der Waals surface area contributed by atoms with E-state index in [4.69, 9.17) is 4.98 Å². The first-order valence-electron chi connectivity index (χ1n) is 13.2. The van der Waals surface area contributed by atoms with Gasteiger partial charge in [0.25, 0.3) is 0 Å². The Labute approximate surface area is 227 Å². The molecule has 3 aromatic carbocycles. The number of halogens is 1. The average Bonchev–Trinajstić information content (AvgIpc) is 2.95. The van der Waals surface area contributed by atoms with Crippen molar-refractivity contribution in [2.24, 2.45) is 0 Å². The third-order valence-electron chi connectivity index (χ3n) is 6.88. The Hall–Kier alpha value is -4.52. The van der Waals surface area contributed by atoms with Crippen LogP contribution >= 0.6 is 0 Å². The largest absolute Gasteiger partial charge is 0.506 e. The predicted molar refractivity (Wildman–Crippen MR) is 153 cm³/mol. The fourth-order valence-electron chi connectivity index (χ4n) is 4.93. The number of piperidine rings is 1. The maximum Gasteiger partial charge on any atom is 0.227 e.